The maximum absolute atomic E-state index is 11.9. The second kappa shape index (κ2) is 7.08. The van der Waals surface area contributed by atoms with Gasteiger partial charge in [-0.15, -0.1) is 0 Å². The number of carboxylic acids is 1. The summed E-state index contributed by atoms with van der Waals surface area (Å²) >= 11 is 0. The Morgan fingerprint density at radius 1 is 1.15 bits per heavy atom. The number of hydrogen-bond donors (Lipinski definition) is 1. The Balaban J connectivity index is 2.65. The summed E-state index contributed by atoms with van der Waals surface area (Å²) in [4.78, 5) is 22.9. The number of hydrogen-bond acceptors (Lipinski definition) is 3. The van der Waals surface area contributed by atoms with Crippen molar-refractivity contribution in [3.63, 3.8) is 0 Å². The molecule has 0 amide bonds. The molecule has 0 aliphatic rings. The van der Waals surface area contributed by atoms with Crippen molar-refractivity contribution in [3.8, 4) is 5.75 Å². The van der Waals surface area contributed by atoms with Crippen LogP contribution in [0.3, 0.4) is 0 Å². The van der Waals surface area contributed by atoms with Crippen LogP contribution in [-0.2, 0) is 4.79 Å². The maximum Gasteiger partial charge on any atom is 0.347 e. The van der Waals surface area contributed by atoms with Crippen LogP contribution in [0.15, 0.2) is 24.3 Å². The van der Waals surface area contributed by atoms with E-state index in [4.69, 9.17) is 9.84 Å². The topological polar surface area (TPSA) is 63.6 Å². The lowest BCUT2D eigenvalue weighted by Gasteiger charge is -2.21. The third-order valence-electron chi connectivity index (χ3n) is 3.07. The van der Waals surface area contributed by atoms with Crippen LogP contribution in [0.1, 0.15) is 56.8 Å². The van der Waals surface area contributed by atoms with E-state index in [1.54, 1.807) is 24.3 Å². The van der Waals surface area contributed by atoms with Gasteiger partial charge in [0, 0.05) is 12.0 Å². The highest BCUT2D eigenvalue weighted by Gasteiger charge is 2.29. The van der Waals surface area contributed by atoms with Crippen LogP contribution >= 0.6 is 0 Å². The number of carbonyl (C=O) groups excluding carboxylic acids is 1. The van der Waals surface area contributed by atoms with E-state index in [2.05, 4.69) is 6.92 Å². The predicted molar refractivity (Wildman–Crippen MR) is 77.3 cm³/mol. The second-order valence-corrected chi connectivity index (χ2v) is 5.32. The van der Waals surface area contributed by atoms with Crippen LogP contribution in [0, 0.1) is 0 Å². The van der Waals surface area contributed by atoms with Gasteiger partial charge < -0.3 is 9.84 Å². The molecule has 0 unspecified atom stereocenters. The zero-order valence-electron chi connectivity index (χ0n) is 12.3. The molecule has 0 heterocycles. The molecule has 1 aromatic rings. The Morgan fingerprint density at radius 3 is 2.25 bits per heavy atom. The Hall–Kier alpha value is -1.84. The Labute approximate surface area is 119 Å². The van der Waals surface area contributed by atoms with E-state index in [-0.39, 0.29) is 5.78 Å². The number of carboxylic acid groups (broad SMARTS) is 1. The van der Waals surface area contributed by atoms with E-state index in [0.717, 1.165) is 19.3 Å². The number of rotatable bonds is 8. The van der Waals surface area contributed by atoms with E-state index < -0.39 is 11.6 Å². The lowest BCUT2D eigenvalue weighted by molar-refractivity contribution is -0.152. The molecule has 110 valence electrons. The van der Waals surface area contributed by atoms with Gasteiger partial charge in [0.05, 0.1) is 0 Å². The predicted octanol–water partition coefficient (Wildman–Crippen LogP) is 3.69. The van der Waals surface area contributed by atoms with E-state index in [0.29, 0.717) is 17.7 Å². The maximum atomic E-state index is 11.9. The van der Waals surface area contributed by atoms with Crippen LogP contribution in [0.2, 0.25) is 0 Å². The average molecular weight is 278 g/mol. The van der Waals surface area contributed by atoms with Crippen LogP contribution in [0.25, 0.3) is 0 Å². The van der Waals surface area contributed by atoms with Gasteiger partial charge in [-0.05, 0) is 44.5 Å². The third kappa shape index (κ3) is 4.68. The molecule has 0 fully saturated rings. The standard InChI is InChI=1S/C16H22O4/c1-4-5-6-7-14(17)12-8-10-13(11-9-12)20-16(2,3)15(18)19/h8-11H,4-7H2,1-3H3,(H,18,19). The Kier molecular flexibility index (Phi) is 5.74. The molecule has 1 aromatic carbocycles. The quantitative estimate of drug-likeness (QED) is 0.582. The molecule has 0 bridgehead atoms. The molecule has 4 heteroatoms. The van der Waals surface area contributed by atoms with Crippen molar-refractivity contribution < 1.29 is 19.4 Å². The molecule has 4 nitrogen and oxygen atoms in total. The lowest BCUT2D eigenvalue weighted by atomic mass is 10.0. The molecule has 20 heavy (non-hydrogen) atoms. The molecular formula is C16H22O4. The number of aliphatic carboxylic acids is 1. The molecule has 0 radical (unpaired) electrons. The normalized spacial score (nSPS) is 11.2. The number of Topliss-reactive ketones (excluding diaryl/α,β-unsaturated/α-hetero) is 1. The first-order chi connectivity index (χ1) is 9.36. The highest BCUT2D eigenvalue weighted by molar-refractivity contribution is 5.96. The molecule has 0 aromatic heterocycles. The molecule has 0 saturated heterocycles. The van der Waals surface area contributed by atoms with E-state index in [9.17, 15) is 9.59 Å². The van der Waals surface area contributed by atoms with Gasteiger partial charge >= 0.3 is 5.97 Å². The van der Waals surface area contributed by atoms with Gasteiger partial charge in [0.25, 0.3) is 0 Å². The van der Waals surface area contributed by atoms with Crippen molar-refractivity contribution in [2.75, 3.05) is 0 Å². The minimum absolute atomic E-state index is 0.113. The van der Waals surface area contributed by atoms with Crippen molar-refractivity contribution in [2.24, 2.45) is 0 Å². The van der Waals surface area contributed by atoms with Crippen molar-refractivity contribution in [1.82, 2.24) is 0 Å². The fraction of sp³-hybridized carbons (Fsp3) is 0.500. The second-order valence-electron chi connectivity index (χ2n) is 5.32. The summed E-state index contributed by atoms with van der Waals surface area (Å²) in [7, 11) is 0. The molecule has 0 saturated carbocycles. The van der Waals surface area contributed by atoms with Crippen molar-refractivity contribution in [2.45, 2.75) is 52.1 Å². The SMILES string of the molecule is CCCCCC(=O)c1ccc(OC(C)(C)C(=O)O)cc1. The van der Waals surface area contributed by atoms with E-state index >= 15 is 0 Å². The summed E-state index contributed by atoms with van der Waals surface area (Å²) in [6, 6.07) is 6.64. The Morgan fingerprint density at radius 2 is 1.75 bits per heavy atom. The summed E-state index contributed by atoms with van der Waals surface area (Å²) in [6.07, 6.45) is 3.60. The molecule has 0 aliphatic carbocycles. The van der Waals surface area contributed by atoms with Gasteiger partial charge in [0.15, 0.2) is 11.4 Å². The van der Waals surface area contributed by atoms with Crippen LogP contribution in [0.5, 0.6) is 5.75 Å². The lowest BCUT2D eigenvalue weighted by Crippen LogP contribution is -2.37. The zero-order valence-corrected chi connectivity index (χ0v) is 12.3. The molecule has 0 atom stereocenters. The van der Waals surface area contributed by atoms with Crippen LogP contribution < -0.4 is 4.74 Å². The van der Waals surface area contributed by atoms with Crippen molar-refractivity contribution in [1.29, 1.82) is 0 Å². The number of ether oxygens (including phenoxy) is 1. The first-order valence-corrected chi connectivity index (χ1v) is 6.92. The van der Waals surface area contributed by atoms with Gasteiger partial charge in [-0.2, -0.15) is 0 Å². The number of ketones is 1. The number of unbranched alkanes of at least 4 members (excludes halogenated alkanes) is 2. The van der Waals surface area contributed by atoms with Crippen molar-refractivity contribution in [3.05, 3.63) is 29.8 Å². The smallest absolute Gasteiger partial charge is 0.347 e. The summed E-state index contributed by atoms with van der Waals surface area (Å²) in [6.45, 7) is 5.07. The fourth-order valence-corrected chi connectivity index (χ4v) is 1.73. The third-order valence-corrected chi connectivity index (χ3v) is 3.07. The van der Waals surface area contributed by atoms with Gasteiger partial charge in [-0.25, -0.2) is 4.79 Å². The largest absolute Gasteiger partial charge is 0.478 e. The summed E-state index contributed by atoms with van der Waals surface area (Å²) in [5.41, 5.74) is -0.645. The molecular weight excluding hydrogens is 256 g/mol. The zero-order chi connectivity index (χ0) is 15.2. The summed E-state index contributed by atoms with van der Waals surface area (Å²) in [5, 5.41) is 8.99. The monoisotopic (exact) mass is 278 g/mol. The van der Waals surface area contributed by atoms with Crippen molar-refractivity contribution >= 4 is 11.8 Å². The molecule has 0 aliphatic heterocycles. The van der Waals surface area contributed by atoms with Crippen LogP contribution in [0.4, 0.5) is 0 Å². The van der Waals surface area contributed by atoms with Gasteiger partial charge in [-0.1, -0.05) is 19.8 Å². The van der Waals surface area contributed by atoms with Gasteiger partial charge in [-0.3, -0.25) is 4.79 Å². The minimum Gasteiger partial charge on any atom is -0.478 e. The fourth-order valence-electron chi connectivity index (χ4n) is 1.73. The first-order valence-electron chi connectivity index (χ1n) is 6.92. The number of carbonyl (C=O) groups is 2. The minimum atomic E-state index is -1.29. The van der Waals surface area contributed by atoms with E-state index in [1.807, 2.05) is 0 Å². The molecule has 0 spiro atoms. The first kappa shape index (κ1) is 16.2. The summed E-state index contributed by atoms with van der Waals surface area (Å²) < 4.78 is 5.39. The average Bonchev–Trinajstić information content (AvgIpc) is 2.39. The Bertz CT molecular complexity index is 460. The van der Waals surface area contributed by atoms with E-state index in [1.165, 1.54) is 13.8 Å². The highest BCUT2D eigenvalue weighted by Crippen LogP contribution is 2.20. The number of benzene rings is 1. The molecule has 1 rings (SSSR count). The van der Waals surface area contributed by atoms with Gasteiger partial charge in [0.1, 0.15) is 5.75 Å². The molecule has 1 N–H and O–H groups in total. The van der Waals surface area contributed by atoms with Gasteiger partial charge in [0.2, 0.25) is 0 Å². The summed E-state index contributed by atoms with van der Waals surface area (Å²) in [5.74, 6) is -0.470. The van der Waals surface area contributed by atoms with Crippen LogP contribution in [-0.4, -0.2) is 22.5 Å². The highest BCUT2D eigenvalue weighted by atomic mass is 16.5.